The Balaban J connectivity index is 1.56. The molecule has 1 amide bonds. The maximum absolute atomic E-state index is 11.9. The van der Waals surface area contributed by atoms with Gasteiger partial charge in [-0.05, 0) is 31.2 Å². The van der Waals surface area contributed by atoms with Gasteiger partial charge in [0.15, 0.2) is 17.5 Å². The number of carbonyl (C=O) groups excluding carboxylic acids is 1. The number of H-pyrrole nitrogens is 1. The predicted molar refractivity (Wildman–Crippen MR) is 88.8 cm³/mol. The molecule has 0 saturated carbocycles. The molecule has 124 valence electrons. The second-order valence-corrected chi connectivity index (χ2v) is 5.33. The molecular formula is C17H18N4O3. The minimum atomic E-state index is -0.134. The van der Waals surface area contributed by atoms with Crippen molar-refractivity contribution in [2.24, 2.45) is 0 Å². The summed E-state index contributed by atoms with van der Waals surface area (Å²) in [6.07, 6.45) is 2.35. The van der Waals surface area contributed by atoms with Gasteiger partial charge in [0, 0.05) is 30.2 Å². The van der Waals surface area contributed by atoms with Crippen molar-refractivity contribution >= 4 is 11.7 Å². The summed E-state index contributed by atoms with van der Waals surface area (Å²) in [4.78, 5) is 16.1. The average molecular weight is 326 g/mol. The molecule has 0 saturated heterocycles. The Morgan fingerprint density at radius 1 is 1.33 bits per heavy atom. The maximum atomic E-state index is 11.9. The summed E-state index contributed by atoms with van der Waals surface area (Å²) in [6.45, 7) is 1.87. The first-order valence-corrected chi connectivity index (χ1v) is 7.55. The van der Waals surface area contributed by atoms with Crippen LogP contribution in [0.15, 0.2) is 40.9 Å². The van der Waals surface area contributed by atoms with Gasteiger partial charge in [-0.15, -0.1) is 0 Å². The SMILES string of the molecule is COc1ccc(-c2cnc(CCC(=O)Nc3cc(C)[nH]n3)o2)cc1. The summed E-state index contributed by atoms with van der Waals surface area (Å²) in [6, 6.07) is 9.28. The number of nitrogens with one attached hydrogen (secondary N) is 2. The fourth-order valence-electron chi connectivity index (χ4n) is 2.22. The first-order valence-electron chi connectivity index (χ1n) is 7.55. The fourth-order valence-corrected chi connectivity index (χ4v) is 2.22. The van der Waals surface area contributed by atoms with E-state index >= 15 is 0 Å². The van der Waals surface area contributed by atoms with E-state index in [1.165, 1.54) is 0 Å². The Kier molecular flexibility index (Phi) is 4.60. The summed E-state index contributed by atoms with van der Waals surface area (Å²) >= 11 is 0. The molecule has 24 heavy (non-hydrogen) atoms. The number of ether oxygens (including phenoxy) is 1. The van der Waals surface area contributed by atoms with Crippen LogP contribution in [0.3, 0.4) is 0 Å². The zero-order valence-electron chi connectivity index (χ0n) is 13.5. The van der Waals surface area contributed by atoms with E-state index in [1.54, 1.807) is 19.4 Å². The van der Waals surface area contributed by atoms with Crippen LogP contribution < -0.4 is 10.1 Å². The lowest BCUT2D eigenvalue weighted by molar-refractivity contribution is -0.116. The van der Waals surface area contributed by atoms with Crippen LogP contribution in [0.1, 0.15) is 18.0 Å². The molecule has 7 heteroatoms. The molecular weight excluding hydrogens is 308 g/mol. The summed E-state index contributed by atoms with van der Waals surface area (Å²) in [5, 5.41) is 9.45. The molecule has 3 aromatic rings. The number of hydrogen-bond donors (Lipinski definition) is 2. The van der Waals surface area contributed by atoms with Crippen LogP contribution in [-0.2, 0) is 11.2 Å². The van der Waals surface area contributed by atoms with Crippen LogP contribution in [-0.4, -0.2) is 28.2 Å². The van der Waals surface area contributed by atoms with Crippen LogP contribution in [0.25, 0.3) is 11.3 Å². The van der Waals surface area contributed by atoms with E-state index in [2.05, 4.69) is 20.5 Å². The lowest BCUT2D eigenvalue weighted by Crippen LogP contribution is -2.12. The first-order chi connectivity index (χ1) is 11.6. The molecule has 0 unspecified atom stereocenters. The smallest absolute Gasteiger partial charge is 0.226 e. The number of carbonyl (C=O) groups is 1. The number of rotatable bonds is 6. The Labute approximate surface area is 139 Å². The Morgan fingerprint density at radius 2 is 2.12 bits per heavy atom. The van der Waals surface area contributed by atoms with Gasteiger partial charge in [-0.2, -0.15) is 5.10 Å². The van der Waals surface area contributed by atoms with E-state index in [-0.39, 0.29) is 12.3 Å². The molecule has 2 heterocycles. The van der Waals surface area contributed by atoms with Crippen LogP contribution >= 0.6 is 0 Å². The zero-order valence-corrected chi connectivity index (χ0v) is 13.5. The van der Waals surface area contributed by atoms with Gasteiger partial charge >= 0.3 is 0 Å². The van der Waals surface area contributed by atoms with Crippen molar-refractivity contribution in [2.45, 2.75) is 19.8 Å². The Bertz CT molecular complexity index is 820. The number of aromatic nitrogens is 3. The third kappa shape index (κ3) is 3.81. The summed E-state index contributed by atoms with van der Waals surface area (Å²) in [7, 11) is 1.62. The molecule has 0 fully saturated rings. The second kappa shape index (κ2) is 6.99. The molecule has 1 aromatic carbocycles. The number of anilines is 1. The minimum Gasteiger partial charge on any atom is -0.497 e. The van der Waals surface area contributed by atoms with Crippen molar-refractivity contribution in [3.63, 3.8) is 0 Å². The van der Waals surface area contributed by atoms with Crippen LogP contribution in [0.4, 0.5) is 5.82 Å². The molecule has 0 bridgehead atoms. The third-order valence-corrected chi connectivity index (χ3v) is 3.47. The van der Waals surface area contributed by atoms with Gasteiger partial charge in [-0.3, -0.25) is 9.89 Å². The quantitative estimate of drug-likeness (QED) is 0.726. The number of aromatic amines is 1. The van der Waals surface area contributed by atoms with Gasteiger partial charge < -0.3 is 14.5 Å². The van der Waals surface area contributed by atoms with Gasteiger partial charge in [0.05, 0.1) is 13.3 Å². The molecule has 0 spiro atoms. The standard InChI is InChI=1S/C17H18N4O3/c1-11-9-15(21-20-11)19-16(22)7-8-17-18-10-14(24-17)12-3-5-13(23-2)6-4-12/h3-6,9-10H,7-8H2,1-2H3,(H2,19,20,21,22). The van der Waals surface area contributed by atoms with Crippen LogP contribution in [0, 0.1) is 6.92 Å². The van der Waals surface area contributed by atoms with Crippen molar-refractivity contribution in [2.75, 3.05) is 12.4 Å². The van der Waals surface area contributed by atoms with Crippen LogP contribution in [0.2, 0.25) is 0 Å². The van der Waals surface area contributed by atoms with E-state index < -0.39 is 0 Å². The summed E-state index contributed by atoms with van der Waals surface area (Å²) < 4.78 is 10.8. The highest BCUT2D eigenvalue weighted by atomic mass is 16.5. The van der Waals surface area contributed by atoms with Crippen molar-refractivity contribution in [3.05, 3.63) is 48.1 Å². The largest absolute Gasteiger partial charge is 0.497 e. The molecule has 0 radical (unpaired) electrons. The van der Waals surface area contributed by atoms with Crippen molar-refractivity contribution in [3.8, 4) is 17.1 Å². The third-order valence-electron chi connectivity index (χ3n) is 3.47. The van der Waals surface area contributed by atoms with E-state index in [0.29, 0.717) is 23.9 Å². The monoisotopic (exact) mass is 326 g/mol. The van der Waals surface area contributed by atoms with Gasteiger partial charge in [0.25, 0.3) is 0 Å². The molecule has 2 aromatic heterocycles. The number of oxazole rings is 1. The van der Waals surface area contributed by atoms with Crippen molar-refractivity contribution < 1.29 is 13.9 Å². The minimum absolute atomic E-state index is 0.134. The highest BCUT2D eigenvalue weighted by Gasteiger charge is 2.10. The number of nitrogens with zero attached hydrogens (tertiary/aromatic N) is 2. The van der Waals surface area contributed by atoms with Gasteiger partial charge in [0.2, 0.25) is 5.91 Å². The second-order valence-electron chi connectivity index (χ2n) is 5.33. The molecule has 0 aliphatic carbocycles. The van der Waals surface area contributed by atoms with Crippen molar-refractivity contribution in [1.82, 2.24) is 15.2 Å². The zero-order chi connectivity index (χ0) is 16.9. The number of benzene rings is 1. The first kappa shape index (κ1) is 15.8. The number of hydrogen-bond acceptors (Lipinski definition) is 5. The Morgan fingerprint density at radius 3 is 2.79 bits per heavy atom. The lowest BCUT2D eigenvalue weighted by Gasteiger charge is -2.01. The molecule has 7 nitrogen and oxygen atoms in total. The number of amides is 1. The molecule has 0 atom stereocenters. The number of aryl methyl sites for hydroxylation is 2. The molecule has 0 aliphatic rings. The topological polar surface area (TPSA) is 93.0 Å². The average Bonchev–Trinajstić information content (AvgIpc) is 3.22. The van der Waals surface area contributed by atoms with E-state index in [0.717, 1.165) is 17.0 Å². The highest BCUT2D eigenvalue weighted by Crippen LogP contribution is 2.23. The highest BCUT2D eigenvalue weighted by molar-refractivity contribution is 5.89. The Hall–Kier alpha value is -3.09. The maximum Gasteiger partial charge on any atom is 0.226 e. The van der Waals surface area contributed by atoms with E-state index in [9.17, 15) is 4.79 Å². The summed E-state index contributed by atoms with van der Waals surface area (Å²) in [5.41, 5.74) is 1.80. The van der Waals surface area contributed by atoms with Gasteiger partial charge in [-0.25, -0.2) is 4.98 Å². The fraction of sp³-hybridized carbons (Fsp3) is 0.235. The predicted octanol–water partition coefficient (Wildman–Crippen LogP) is 2.95. The summed E-state index contributed by atoms with van der Waals surface area (Å²) in [5.74, 6) is 2.35. The van der Waals surface area contributed by atoms with E-state index in [1.807, 2.05) is 31.2 Å². The molecule has 3 rings (SSSR count). The number of methoxy groups -OCH3 is 1. The van der Waals surface area contributed by atoms with Gasteiger partial charge in [-0.1, -0.05) is 0 Å². The molecule has 2 N–H and O–H groups in total. The van der Waals surface area contributed by atoms with Gasteiger partial charge in [0.1, 0.15) is 5.75 Å². The van der Waals surface area contributed by atoms with E-state index in [4.69, 9.17) is 9.15 Å². The lowest BCUT2D eigenvalue weighted by atomic mass is 10.2. The molecule has 0 aliphatic heterocycles. The normalized spacial score (nSPS) is 10.6. The van der Waals surface area contributed by atoms with Crippen molar-refractivity contribution in [1.29, 1.82) is 0 Å². The van der Waals surface area contributed by atoms with Crippen LogP contribution in [0.5, 0.6) is 5.75 Å².